The largest absolute Gasteiger partial charge is 0.507 e. The second-order valence-electron chi connectivity index (χ2n) is 4.03. The molecule has 0 fully saturated rings. The van der Waals surface area contributed by atoms with Gasteiger partial charge in [-0.1, -0.05) is 15.9 Å². The lowest BCUT2D eigenvalue weighted by atomic mass is 10.2. The van der Waals surface area contributed by atoms with Crippen LogP contribution in [0.15, 0.2) is 28.1 Å². The first-order valence-corrected chi connectivity index (χ1v) is 9.04. The van der Waals surface area contributed by atoms with Crippen molar-refractivity contribution in [2.45, 2.75) is 0 Å². The van der Waals surface area contributed by atoms with Gasteiger partial charge in [0, 0.05) is 9.85 Å². The van der Waals surface area contributed by atoms with E-state index in [4.69, 9.17) is 0 Å². The van der Waals surface area contributed by atoms with Crippen LogP contribution in [-0.4, -0.2) is 30.7 Å². The SMILES string of the molecule is CS(=O)(=O)Nc1csc(NC(=O)c2cc(Br)ccc2O)n1. The highest BCUT2D eigenvalue weighted by atomic mass is 79.9. The van der Waals surface area contributed by atoms with Crippen LogP contribution in [-0.2, 0) is 10.0 Å². The summed E-state index contributed by atoms with van der Waals surface area (Å²) in [5, 5.41) is 13.8. The minimum Gasteiger partial charge on any atom is -0.507 e. The summed E-state index contributed by atoms with van der Waals surface area (Å²) < 4.78 is 25.0. The van der Waals surface area contributed by atoms with Gasteiger partial charge in [-0.25, -0.2) is 13.4 Å². The molecule has 1 aromatic heterocycles. The number of anilines is 2. The number of phenols is 1. The van der Waals surface area contributed by atoms with Crippen molar-refractivity contribution in [3.05, 3.63) is 33.6 Å². The molecule has 21 heavy (non-hydrogen) atoms. The molecule has 2 aromatic rings. The molecule has 1 amide bonds. The van der Waals surface area contributed by atoms with E-state index in [2.05, 4.69) is 31.0 Å². The molecule has 0 atom stereocenters. The Kier molecular flexibility index (Phi) is 4.49. The lowest BCUT2D eigenvalue weighted by Gasteiger charge is -2.04. The van der Waals surface area contributed by atoms with Gasteiger partial charge in [0.15, 0.2) is 10.9 Å². The molecule has 7 nitrogen and oxygen atoms in total. The zero-order chi connectivity index (χ0) is 15.6. The Labute approximate surface area is 133 Å². The average molecular weight is 392 g/mol. The molecule has 2 rings (SSSR count). The topological polar surface area (TPSA) is 108 Å². The third-order valence-electron chi connectivity index (χ3n) is 2.22. The van der Waals surface area contributed by atoms with E-state index >= 15 is 0 Å². The third kappa shape index (κ3) is 4.41. The standard InChI is InChI=1S/C11H10BrN3O4S2/c1-21(18,19)15-9-5-20-11(13-9)14-10(17)7-4-6(12)2-3-8(7)16/h2-5,15-16H,1H3,(H,13,14,17). The van der Waals surface area contributed by atoms with Gasteiger partial charge in [-0.15, -0.1) is 11.3 Å². The number of carbonyl (C=O) groups is 1. The van der Waals surface area contributed by atoms with E-state index in [0.717, 1.165) is 17.6 Å². The molecule has 10 heteroatoms. The van der Waals surface area contributed by atoms with Gasteiger partial charge in [-0.2, -0.15) is 0 Å². The normalized spacial score (nSPS) is 11.1. The van der Waals surface area contributed by atoms with E-state index in [0.29, 0.717) is 4.47 Å². The number of hydrogen-bond donors (Lipinski definition) is 3. The summed E-state index contributed by atoms with van der Waals surface area (Å²) in [6.07, 6.45) is 1.00. The number of amides is 1. The Morgan fingerprint density at radius 3 is 2.81 bits per heavy atom. The van der Waals surface area contributed by atoms with Gasteiger partial charge in [-0.3, -0.25) is 14.8 Å². The zero-order valence-electron chi connectivity index (χ0n) is 10.6. The maximum Gasteiger partial charge on any atom is 0.261 e. The van der Waals surface area contributed by atoms with Crippen LogP contribution < -0.4 is 10.0 Å². The van der Waals surface area contributed by atoms with E-state index in [9.17, 15) is 18.3 Å². The smallest absolute Gasteiger partial charge is 0.261 e. The van der Waals surface area contributed by atoms with Crippen molar-refractivity contribution >= 4 is 54.1 Å². The Hall–Kier alpha value is -1.65. The molecule has 0 saturated carbocycles. The van der Waals surface area contributed by atoms with E-state index in [1.54, 1.807) is 6.07 Å². The first kappa shape index (κ1) is 15.7. The van der Waals surface area contributed by atoms with E-state index in [1.807, 2.05) is 0 Å². The lowest BCUT2D eigenvalue weighted by Crippen LogP contribution is -2.13. The molecule has 112 valence electrons. The van der Waals surface area contributed by atoms with Gasteiger partial charge >= 0.3 is 0 Å². The molecule has 0 spiro atoms. The van der Waals surface area contributed by atoms with E-state index < -0.39 is 15.9 Å². The second kappa shape index (κ2) is 6.00. The number of halogens is 1. The number of nitrogens with one attached hydrogen (secondary N) is 2. The molecular weight excluding hydrogens is 382 g/mol. The van der Waals surface area contributed by atoms with Crippen LogP contribution in [0.3, 0.4) is 0 Å². The molecule has 3 N–H and O–H groups in total. The molecule has 0 unspecified atom stereocenters. The van der Waals surface area contributed by atoms with Gasteiger partial charge in [0.2, 0.25) is 10.0 Å². The number of aromatic hydroxyl groups is 1. The summed E-state index contributed by atoms with van der Waals surface area (Å²) in [6.45, 7) is 0. The van der Waals surface area contributed by atoms with Gasteiger partial charge in [0.1, 0.15) is 5.75 Å². The van der Waals surface area contributed by atoms with E-state index in [-0.39, 0.29) is 22.3 Å². The Morgan fingerprint density at radius 1 is 1.43 bits per heavy atom. The Balaban J connectivity index is 2.15. The number of thiazole rings is 1. The molecule has 0 radical (unpaired) electrons. The Bertz CT molecular complexity index is 789. The minimum absolute atomic E-state index is 0.0807. The fraction of sp³-hybridized carbons (Fsp3) is 0.0909. The number of hydrogen-bond acceptors (Lipinski definition) is 6. The number of sulfonamides is 1. The van der Waals surface area contributed by atoms with E-state index in [1.165, 1.54) is 17.5 Å². The predicted octanol–water partition coefficient (Wildman–Crippen LogP) is 2.23. The zero-order valence-corrected chi connectivity index (χ0v) is 13.8. The second-order valence-corrected chi connectivity index (χ2v) is 7.55. The van der Waals surface area contributed by atoms with Gasteiger partial charge in [0.05, 0.1) is 11.8 Å². The highest BCUT2D eigenvalue weighted by Gasteiger charge is 2.14. The summed E-state index contributed by atoms with van der Waals surface area (Å²) >= 11 is 4.27. The van der Waals surface area contributed by atoms with Crippen molar-refractivity contribution in [3.63, 3.8) is 0 Å². The molecule has 0 bridgehead atoms. The fourth-order valence-electron chi connectivity index (χ4n) is 1.42. The quantitative estimate of drug-likeness (QED) is 0.740. The summed E-state index contributed by atoms with van der Waals surface area (Å²) in [5.41, 5.74) is 0.0807. The number of carbonyl (C=O) groups excluding carboxylic acids is 1. The van der Waals surface area contributed by atoms with Crippen molar-refractivity contribution in [2.75, 3.05) is 16.3 Å². The average Bonchev–Trinajstić information content (AvgIpc) is 2.77. The molecule has 0 aliphatic carbocycles. The first-order valence-electron chi connectivity index (χ1n) is 5.48. The summed E-state index contributed by atoms with van der Waals surface area (Å²) in [6, 6.07) is 4.45. The maximum absolute atomic E-state index is 12.0. The van der Waals surface area contributed by atoms with Crippen LogP contribution in [0.25, 0.3) is 0 Å². The number of nitrogens with zero attached hydrogens (tertiary/aromatic N) is 1. The van der Waals surface area contributed by atoms with Gasteiger partial charge < -0.3 is 5.11 Å². The van der Waals surface area contributed by atoms with Crippen LogP contribution >= 0.6 is 27.3 Å². The van der Waals surface area contributed by atoms with Crippen molar-refractivity contribution in [2.24, 2.45) is 0 Å². The Morgan fingerprint density at radius 2 is 2.14 bits per heavy atom. The molecule has 0 saturated heterocycles. The van der Waals surface area contributed by atoms with Crippen molar-refractivity contribution in [1.29, 1.82) is 0 Å². The number of benzene rings is 1. The monoisotopic (exact) mass is 391 g/mol. The van der Waals surface area contributed by atoms with Crippen molar-refractivity contribution in [1.82, 2.24) is 4.98 Å². The van der Waals surface area contributed by atoms with Crippen LogP contribution in [0, 0.1) is 0 Å². The maximum atomic E-state index is 12.0. The fourth-order valence-corrected chi connectivity index (χ4v) is 2.98. The molecule has 0 aliphatic rings. The van der Waals surface area contributed by atoms with Crippen LogP contribution in [0.1, 0.15) is 10.4 Å². The molecule has 1 aromatic carbocycles. The van der Waals surface area contributed by atoms with Crippen molar-refractivity contribution < 1.29 is 18.3 Å². The van der Waals surface area contributed by atoms with Crippen LogP contribution in [0.5, 0.6) is 5.75 Å². The predicted molar refractivity (Wildman–Crippen MR) is 84.3 cm³/mol. The number of phenolic OH excluding ortho intramolecular Hbond substituents is 1. The summed E-state index contributed by atoms with van der Waals surface area (Å²) in [4.78, 5) is 15.9. The first-order chi connectivity index (χ1) is 9.74. The van der Waals surface area contributed by atoms with Crippen LogP contribution in [0.2, 0.25) is 0 Å². The summed E-state index contributed by atoms with van der Waals surface area (Å²) in [5.74, 6) is -0.591. The summed E-state index contributed by atoms with van der Waals surface area (Å²) in [7, 11) is -3.42. The molecule has 1 heterocycles. The highest BCUT2D eigenvalue weighted by Crippen LogP contribution is 2.25. The number of aromatic nitrogens is 1. The molecule has 0 aliphatic heterocycles. The van der Waals surface area contributed by atoms with Crippen LogP contribution in [0.4, 0.5) is 10.9 Å². The third-order valence-corrected chi connectivity index (χ3v) is 4.05. The van der Waals surface area contributed by atoms with Gasteiger partial charge in [0.25, 0.3) is 5.91 Å². The lowest BCUT2D eigenvalue weighted by molar-refractivity contribution is 0.102. The van der Waals surface area contributed by atoms with Crippen molar-refractivity contribution in [3.8, 4) is 5.75 Å². The minimum atomic E-state index is -3.42. The number of rotatable bonds is 4. The molecular formula is C11H10BrN3O4S2. The highest BCUT2D eigenvalue weighted by molar-refractivity contribution is 9.10. The van der Waals surface area contributed by atoms with Gasteiger partial charge in [-0.05, 0) is 18.2 Å².